The molecule has 0 aliphatic heterocycles. The van der Waals surface area contributed by atoms with Gasteiger partial charge in [0.2, 0.25) is 0 Å². The topological polar surface area (TPSA) is 41.6 Å². The van der Waals surface area contributed by atoms with Crippen LogP contribution in [0.5, 0.6) is 0 Å². The molecule has 0 bridgehead atoms. The van der Waals surface area contributed by atoms with Gasteiger partial charge in [-0.05, 0) is 14.1 Å². The average Bonchev–Trinajstić information content (AvgIpc) is 2.08. The molecule has 0 aliphatic rings. The van der Waals surface area contributed by atoms with Crippen molar-refractivity contribution < 1.29 is 22.7 Å². The van der Waals surface area contributed by atoms with E-state index in [-0.39, 0.29) is 13.2 Å². The molecular formula is C8H15F3N2O2. The van der Waals surface area contributed by atoms with Crippen molar-refractivity contribution in [3.05, 3.63) is 0 Å². The number of nitrogens with zero attached hydrogens (tertiary/aromatic N) is 1. The molecule has 4 nitrogen and oxygen atoms in total. The number of nitrogens with one attached hydrogen (secondary N) is 1. The number of hydrogen-bond acceptors (Lipinski definition) is 3. The van der Waals surface area contributed by atoms with E-state index >= 15 is 0 Å². The molecule has 0 aromatic carbocycles. The maximum absolute atomic E-state index is 11.7. The summed E-state index contributed by atoms with van der Waals surface area (Å²) >= 11 is 0. The molecule has 7 heteroatoms. The van der Waals surface area contributed by atoms with Crippen molar-refractivity contribution >= 4 is 5.91 Å². The van der Waals surface area contributed by atoms with Gasteiger partial charge in [0.15, 0.2) is 0 Å². The van der Waals surface area contributed by atoms with Crippen molar-refractivity contribution in [3.8, 4) is 0 Å². The summed E-state index contributed by atoms with van der Waals surface area (Å²) in [4.78, 5) is 12.2. The molecule has 0 fully saturated rings. The van der Waals surface area contributed by atoms with Gasteiger partial charge in [0.05, 0.1) is 13.2 Å². The van der Waals surface area contributed by atoms with E-state index in [1.54, 1.807) is 5.32 Å². The minimum atomic E-state index is -4.82. The number of carbonyl (C=O) groups is 1. The molecule has 1 amide bonds. The second-order valence-corrected chi connectivity index (χ2v) is 3.17. The molecule has 90 valence electrons. The van der Waals surface area contributed by atoms with Crippen molar-refractivity contribution in [1.29, 1.82) is 0 Å². The molecule has 0 radical (unpaired) electrons. The second-order valence-electron chi connectivity index (χ2n) is 3.17. The Labute approximate surface area is 86.4 Å². The predicted molar refractivity (Wildman–Crippen MR) is 48.4 cm³/mol. The first-order valence-electron chi connectivity index (χ1n) is 4.41. The number of amides is 1. The van der Waals surface area contributed by atoms with Crippen molar-refractivity contribution in [2.75, 3.05) is 40.4 Å². The van der Waals surface area contributed by atoms with E-state index in [4.69, 9.17) is 4.74 Å². The van der Waals surface area contributed by atoms with E-state index in [0.29, 0.717) is 13.2 Å². The Kier molecular flexibility index (Phi) is 6.26. The van der Waals surface area contributed by atoms with Crippen LogP contribution in [0, 0.1) is 0 Å². The highest BCUT2D eigenvalue weighted by Gasteiger charge is 2.38. The number of carbonyl (C=O) groups excluding carboxylic acids is 1. The lowest BCUT2D eigenvalue weighted by atomic mass is 10.5. The highest BCUT2D eigenvalue weighted by Crippen LogP contribution is 2.13. The van der Waals surface area contributed by atoms with Crippen LogP contribution >= 0.6 is 0 Å². The molecule has 0 heterocycles. The quantitative estimate of drug-likeness (QED) is 0.662. The Balaban J connectivity index is 3.36. The summed E-state index contributed by atoms with van der Waals surface area (Å²) in [7, 11) is 3.71. The van der Waals surface area contributed by atoms with Gasteiger partial charge in [-0.25, -0.2) is 0 Å². The molecule has 0 aromatic rings. The van der Waals surface area contributed by atoms with E-state index in [1.807, 2.05) is 19.0 Å². The van der Waals surface area contributed by atoms with E-state index < -0.39 is 12.1 Å². The lowest BCUT2D eigenvalue weighted by Gasteiger charge is -2.10. The maximum atomic E-state index is 11.7. The summed E-state index contributed by atoms with van der Waals surface area (Å²) in [6.45, 7) is 1.06. The third-order valence-electron chi connectivity index (χ3n) is 1.47. The normalized spacial score (nSPS) is 11.9. The fourth-order valence-corrected chi connectivity index (χ4v) is 0.686. The average molecular weight is 228 g/mol. The van der Waals surface area contributed by atoms with E-state index in [2.05, 4.69) is 0 Å². The van der Waals surface area contributed by atoms with Gasteiger partial charge < -0.3 is 15.0 Å². The summed E-state index contributed by atoms with van der Waals surface area (Å²) in [6.07, 6.45) is -4.82. The largest absolute Gasteiger partial charge is 0.471 e. The van der Waals surface area contributed by atoms with Gasteiger partial charge in [-0.15, -0.1) is 0 Å². The number of rotatable bonds is 6. The van der Waals surface area contributed by atoms with E-state index in [9.17, 15) is 18.0 Å². The zero-order valence-electron chi connectivity index (χ0n) is 8.73. The van der Waals surface area contributed by atoms with Crippen LogP contribution in [0.25, 0.3) is 0 Å². The van der Waals surface area contributed by atoms with Gasteiger partial charge in [0, 0.05) is 13.1 Å². The van der Waals surface area contributed by atoms with Gasteiger partial charge in [0.1, 0.15) is 0 Å². The van der Waals surface area contributed by atoms with E-state index in [1.165, 1.54) is 0 Å². The fraction of sp³-hybridized carbons (Fsp3) is 0.875. The summed E-state index contributed by atoms with van der Waals surface area (Å²) in [6, 6.07) is 0. The van der Waals surface area contributed by atoms with Crippen molar-refractivity contribution in [2.24, 2.45) is 0 Å². The minimum absolute atomic E-state index is 0.0790. The number of halogens is 3. The van der Waals surface area contributed by atoms with E-state index in [0.717, 1.165) is 0 Å². The van der Waals surface area contributed by atoms with Crippen LogP contribution < -0.4 is 5.32 Å². The third kappa shape index (κ3) is 8.19. The summed E-state index contributed by atoms with van der Waals surface area (Å²) in [5.41, 5.74) is 0. The van der Waals surface area contributed by atoms with Crippen LogP contribution in [0.3, 0.4) is 0 Å². The Hall–Kier alpha value is -0.820. The van der Waals surface area contributed by atoms with Crippen LogP contribution in [0.4, 0.5) is 13.2 Å². The minimum Gasteiger partial charge on any atom is -0.378 e. The van der Waals surface area contributed by atoms with Crippen molar-refractivity contribution in [1.82, 2.24) is 10.2 Å². The molecule has 0 aliphatic carbocycles. The Morgan fingerprint density at radius 1 is 1.33 bits per heavy atom. The van der Waals surface area contributed by atoms with Crippen LogP contribution in [-0.4, -0.2) is 57.4 Å². The first kappa shape index (κ1) is 14.2. The highest BCUT2D eigenvalue weighted by molar-refractivity contribution is 5.81. The van der Waals surface area contributed by atoms with Crippen molar-refractivity contribution in [3.63, 3.8) is 0 Å². The molecule has 0 aromatic heterocycles. The Morgan fingerprint density at radius 3 is 2.40 bits per heavy atom. The molecule has 15 heavy (non-hydrogen) atoms. The van der Waals surface area contributed by atoms with Crippen molar-refractivity contribution in [2.45, 2.75) is 6.18 Å². The maximum Gasteiger partial charge on any atom is 0.471 e. The molecule has 0 spiro atoms. The lowest BCUT2D eigenvalue weighted by molar-refractivity contribution is -0.173. The first-order chi connectivity index (χ1) is 6.84. The smallest absolute Gasteiger partial charge is 0.378 e. The Morgan fingerprint density at radius 2 is 1.93 bits per heavy atom. The second kappa shape index (κ2) is 6.62. The number of alkyl halides is 3. The monoisotopic (exact) mass is 228 g/mol. The van der Waals surface area contributed by atoms with Crippen LogP contribution in [0.1, 0.15) is 0 Å². The summed E-state index contributed by atoms with van der Waals surface area (Å²) in [5.74, 6) is -1.93. The molecule has 1 N–H and O–H groups in total. The molecule has 0 rings (SSSR count). The molecule has 0 saturated carbocycles. The third-order valence-corrected chi connectivity index (χ3v) is 1.47. The lowest BCUT2D eigenvalue weighted by Crippen LogP contribution is -2.38. The van der Waals surface area contributed by atoms with Gasteiger partial charge >= 0.3 is 12.1 Å². The predicted octanol–water partition coefficient (Wildman–Crippen LogP) is 0.243. The van der Waals surface area contributed by atoms with Crippen LogP contribution in [-0.2, 0) is 9.53 Å². The van der Waals surface area contributed by atoms with Gasteiger partial charge in [0.25, 0.3) is 0 Å². The number of likely N-dealkylation sites (N-methyl/N-ethyl adjacent to an activating group) is 1. The number of hydrogen-bond donors (Lipinski definition) is 1. The first-order valence-corrected chi connectivity index (χ1v) is 4.41. The van der Waals surface area contributed by atoms with Crippen LogP contribution in [0.2, 0.25) is 0 Å². The Bertz CT molecular complexity index is 195. The zero-order chi connectivity index (χ0) is 11.9. The fourth-order valence-electron chi connectivity index (χ4n) is 0.686. The molecule has 0 saturated heterocycles. The highest BCUT2D eigenvalue weighted by atomic mass is 19.4. The SMILES string of the molecule is CN(C)CCOCCNC(=O)C(F)(F)F. The number of ether oxygens (including phenoxy) is 1. The molecule has 0 atom stereocenters. The summed E-state index contributed by atoms with van der Waals surface area (Å²) in [5, 5.41) is 1.71. The molecular weight excluding hydrogens is 213 g/mol. The zero-order valence-corrected chi connectivity index (χ0v) is 8.73. The van der Waals surface area contributed by atoms with Gasteiger partial charge in [-0.1, -0.05) is 0 Å². The van der Waals surface area contributed by atoms with Crippen LogP contribution in [0.15, 0.2) is 0 Å². The van der Waals surface area contributed by atoms with Gasteiger partial charge in [-0.3, -0.25) is 4.79 Å². The summed E-state index contributed by atoms with van der Waals surface area (Å²) < 4.78 is 40.0. The van der Waals surface area contributed by atoms with Gasteiger partial charge in [-0.2, -0.15) is 13.2 Å². The standard InChI is InChI=1S/C8H15F3N2O2/c1-13(2)4-6-15-5-3-12-7(14)8(9,10)11/h3-6H2,1-2H3,(H,12,14). The molecule has 0 unspecified atom stereocenters.